The summed E-state index contributed by atoms with van der Waals surface area (Å²) in [5.74, 6) is 0. The predicted octanol–water partition coefficient (Wildman–Crippen LogP) is 0.180. The second-order valence-electron chi connectivity index (χ2n) is 1.24. The molecule has 1 heterocycles. The van der Waals surface area contributed by atoms with Crippen molar-refractivity contribution in [1.29, 1.82) is 0 Å². The molecule has 0 saturated heterocycles. The van der Waals surface area contributed by atoms with Crippen LogP contribution in [0.25, 0.3) is 0 Å². The molecule has 1 rings (SSSR count). The van der Waals surface area contributed by atoms with Gasteiger partial charge in [0.1, 0.15) is 12.5 Å². The molecule has 33 valence electrons. The highest BCUT2D eigenvalue weighted by Crippen LogP contribution is 1.92. The third-order valence-corrected chi connectivity index (χ3v) is 0.625. The first-order valence-electron chi connectivity index (χ1n) is 1.80. The highest BCUT2D eigenvalue weighted by molar-refractivity contribution is 4.66. The molecule has 0 unspecified atom stereocenters. The van der Waals surface area contributed by atoms with Gasteiger partial charge in [-0.25, -0.2) is 0 Å². The van der Waals surface area contributed by atoms with E-state index >= 15 is 0 Å². The van der Waals surface area contributed by atoms with Gasteiger partial charge in [-0.15, -0.1) is 0 Å². The van der Waals surface area contributed by atoms with Crippen LogP contribution in [0.15, 0.2) is 6.26 Å². The summed E-state index contributed by atoms with van der Waals surface area (Å²) in [4.78, 5) is 1.83. The lowest BCUT2D eigenvalue weighted by Gasteiger charge is -1.99. The van der Waals surface area contributed by atoms with Crippen molar-refractivity contribution >= 4 is 0 Å². The Morgan fingerprint density at radius 2 is 2.83 bits per heavy atom. The number of ether oxygens (including phenoxy) is 1. The summed E-state index contributed by atoms with van der Waals surface area (Å²) in [6.45, 7) is 0.653. The molecule has 1 aliphatic rings. The molecular formula is C4H6NO. The van der Waals surface area contributed by atoms with Crippen molar-refractivity contribution in [2.45, 2.75) is 0 Å². The molecule has 0 aromatic heterocycles. The predicted molar refractivity (Wildman–Crippen MR) is 21.5 cm³/mol. The molecule has 0 aromatic rings. The summed E-state index contributed by atoms with van der Waals surface area (Å²) in [6, 6.07) is 0. The van der Waals surface area contributed by atoms with E-state index in [1.165, 1.54) is 0 Å². The van der Waals surface area contributed by atoms with Gasteiger partial charge in [-0.2, -0.15) is 0 Å². The first kappa shape index (κ1) is 3.53. The van der Waals surface area contributed by atoms with Crippen LogP contribution in [0.5, 0.6) is 0 Å². The van der Waals surface area contributed by atoms with E-state index < -0.39 is 0 Å². The van der Waals surface area contributed by atoms with Crippen molar-refractivity contribution in [2.24, 2.45) is 0 Å². The molecule has 1 aliphatic heterocycles. The van der Waals surface area contributed by atoms with Gasteiger partial charge in [0.05, 0.1) is 0 Å². The van der Waals surface area contributed by atoms with Crippen molar-refractivity contribution < 1.29 is 4.74 Å². The summed E-state index contributed by atoms with van der Waals surface area (Å²) in [6.07, 6.45) is 4.36. The van der Waals surface area contributed by atoms with Gasteiger partial charge in [0.15, 0.2) is 6.73 Å². The van der Waals surface area contributed by atoms with E-state index in [9.17, 15) is 0 Å². The summed E-state index contributed by atoms with van der Waals surface area (Å²) in [7, 11) is 1.91. The Hall–Kier alpha value is -0.660. The Morgan fingerprint density at radius 3 is 3.00 bits per heavy atom. The molecular weight excluding hydrogens is 78.0 g/mol. The highest BCUT2D eigenvalue weighted by atomic mass is 16.5. The van der Waals surface area contributed by atoms with Gasteiger partial charge in [-0.05, 0) is 0 Å². The smallest absolute Gasteiger partial charge is 0.160 e. The maximum Gasteiger partial charge on any atom is 0.160 e. The van der Waals surface area contributed by atoms with E-state index in [1.54, 1.807) is 6.26 Å². The van der Waals surface area contributed by atoms with Crippen LogP contribution in [-0.2, 0) is 4.74 Å². The minimum Gasteiger partial charge on any atom is -0.478 e. The summed E-state index contributed by atoms with van der Waals surface area (Å²) in [5.41, 5.74) is 0. The maximum absolute atomic E-state index is 4.75. The topological polar surface area (TPSA) is 12.5 Å². The molecule has 0 aromatic carbocycles. The molecule has 2 heteroatoms. The Labute approximate surface area is 37.0 Å². The minimum absolute atomic E-state index is 0.653. The Kier molecular flexibility index (Phi) is 0.708. The van der Waals surface area contributed by atoms with Crippen molar-refractivity contribution in [3.63, 3.8) is 0 Å². The van der Waals surface area contributed by atoms with Crippen LogP contribution in [0.3, 0.4) is 0 Å². The fourth-order valence-corrected chi connectivity index (χ4v) is 0.314. The van der Waals surface area contributed by atoms with E-state index in [-0.39, 0.29) is 0 Å². The number of hydrogen-bond donors (Lipinski definition) is 0. The lowest BCUT2D eigenvalue weighted by Crippen LogP contribution is -2.06. The lowest BCUT2D eigenvalue weighted by atomic mass is 10.9. The quantitative estimate of drug-likeness (QED) is 0.415. The molecule has 0 bridgehead atoms. The Morgan fingerprint density at radius 1 is 2.00 bits per heavy atom. The zero-order chi connectivity index (χ0) is 4.41. The van der Waals surface area contributed by atoms with Crippen LogP contribution >= 0.6 is 0 Å². The summed E-state index contributed by atoms with van der Waals surface area (Å²) >= 11 is 0. The average Bonchev–Trinajstić information content (AvgIpc) is 1.86. The molecule has 0 atom stereocenters. The van der Waals surface area contributed by atoms with Crippen molar-refractivity contribution in [3.05, 3.63) is 12.5 Å². The van der Waals surface area contributed by atoms with Crippen LogP contribution in [0.2, 0.25) is 0 Å². The van der Waals surface area contributed by atoms with Crippen molar-refractivity contribution in [2.75, 3.05) is 13.8 Å². The molecule has 0 saturated carbocycles. The Balaban J connectivity index is 2.38. The van der Waals surface area contributed by atoms with Crippen molar-refractivity contribution in [3.8, 4) is 0 Å². The molecule has 0 N–H and O–H groups in total. The average molecular weight is 84.1 g/mol. The second-order valence-corrected chi connectivity index (χ2v) is 1.24. The van der Waals surface area contributed by atoms with Crippen molar-refractivity contribution in [1.82, 2.24) is 4.90 Å². The lowest BCUT2D eigenvalue weighted by molar-refractivity contribution is 0.189. The standard InChI is InChI=1S/C4H6NO/c1-5-2-3-6-4-5/h3H,4H2,1H3. The molecule has 0 fully saturated rings. The van der Waals surface area contributed by atoms with Gasteiger partial charge in [0.2, 0.25) is 0 Å². The third-order valence-electron chi connectivity index (χ3n) is 0.625. The van der Waals surface area contributed by atoms with E-state index in [0.717, 1.165) is 0 Å². The van der Waals surface area contributed by atoms with Gasteiger partial charge in [0.25, 0.3) is 0 Å². The largest absolute Gasteiger partial charge is 0.478 e. The molecule has 2 nitrogen and oxygen atoms in total. The molecule has 0 amide bonds. The zero-order valence-corrected chi connectivity index (χ0v) is 3.64. The van der Waals surface area contributed by atoms with Crippen LogP contribution in [0.4, 0.5) is 0 Å². The molecule has 6 heavy (non-hydrogen) atoms. The fraction of sp³-hybridized carbons (Fsp3) is 0.500. The monoisotopic (exact) mass is 84.0 g/mol. The zero-order valence-electron chi connectivity index (χ0n) is 3.64. The fourth-order valence-electron chi connectivity index (χ4n) is 0.314. The number of rotatable bonds is 0. The molecule has 0 aliphatic carbocycles. The number of nitrogens with zero attached hydrogens (tertiary/aromatic N) is 1. The molecule has 0 spiro atoms. The first-order chi connectivity index (χ1) is 2.89. The van der Waals surface area contributed by atoms with E-state index in [1.807, 2.05) is 11.9 Å². The van der Waals surface area contributed by atoms with Crippen LogP contribution in [-0.4, -0.2) is 18.7 Å². The van der Waals surface area contributed by atoms with E-state index in [4.69, 9.17) is 4.74 Å². The first-order valence-corrected chi connectivity index (χ1v) is 1.80. The summed E-state index contributed by atoms with van der Waals surface area (Å²) in [5, 5.41) is 0. The van der Waals surface area contributed by atoms with Crippen LogP contribution in [0, 0.1) is 6.20 Å². The third kappa shape index (κ3) is 0.455. The highest BCUT2D eigenvalue weighted by Gasteiger charge is 1.94. The van der Waals surface area contributed by atoms with Crippen LogP contribution in [0.1, 0.15) is 0 Å². The maximum atomic E-state index is 4.75. The van der Waals surface area contributed by atoms with Crippen LogP contribution < -0.4 is 0 Å². The second kappa shape index (κ2) is 1.20. The Bertz CT molecular complexity index is 69.9. The molecule has 1 radical (unpaired) electrons. The van der Waals surface area contributed by atoms with Gasteiger partial charge in [-0.1, -0.05) is 0 Å². The van der Waals surface area contributed by atoms with Gasteiger partial charge >= 0.3 is 0 Å². The van der Waals surface area contributed by atoms with E-state index in [2.05, 4.69) is 6.20 Å². The van der Waals surface area contributed by atoms with Gasteiger partial charge < -0.3 is 9.64 Å². The summed E-state index contributed by atoms with van der Waals surface area (Å²) < 4.78 is 4.75. The SMILES string of the molecule is CN1[C]=COC1. The van der Waals surface area contributed by atoms with Gasteiger partial charge in [0, 0.05) is 7.05 Å². The number of hydrogen-bond acceptors (Lipinski definition) is 2. The normalized spacial score (nSPS) is 18.5. The van der Waals surface area contributed by atoms with Gasteiger partial charge in [-0.3, -0.25) is 0 Å². The van der Waals surface area contributed by atoms with E-state index in [0.29, 0.717) is 6.73 Å². The minimum atomic E-state index is 0.653.